The van der Waals surface area contributed by atoms with Crippen molar-refractivity contribution in [1.29, 1.82) is 0 Å². The van der Waals surface area contributed by atoms with Gasteiger partial charge in [0.25, 0.3) is 0 Å². The van der Waals surface area contributed by atoms with Gasteiger partial charge in [0, 0.05) is 52.0 Å². The van der Waals surface area contributed by atoms with Crippen molar-refractivity contribution in [1.82, 2.24) is 20.0 Å². The maximum absolute atomic E-state index is 15.0. The number of carbonyl (C=O) groups excluding carboxylic acids is 5. The molecule has 0 aliphatic heterocycles. The molecule has 0 aliphatic carbocycles. The third-order valence-electron chi connectivity index (χ3n) is 21.9. The Balaban J connectivity index is 6.62. The number of rotatable bonds is 74. The Hall–Kier alpha value is -5.42. The number of nitrogens with one attached hydrogen (secondary N) is 1. The topological polar surface area (TPSA) is 331 Å². The van der Waals surface area contributed by atoms with Gasteiger partial charge in [-0.1, -0.05) is 284 Å². The molecule has 0 saturated carbocycles. The predicted molar refractivity (Wildman–Crippen MR) is 434 cm³/mol. The molecular weight excluding hydrogens is 1400 g/mol. The van der Waals surface area contributed by atoms with Gasteiger partial charge in [-0.2, -0.15) is 0 Å². The van der Waals surface area contributed by atoms with Crippen LogP contribution in [0.1, 0.15) is 329 Å². The summed E-state index contributed by atoms with van der Waals surface area (Å²) in [5.74, 6) is -4.00. The normalized spacial score (nSPS) is 15.2. The molecule has 6 N–H and O–H groups in total. The second-order valence-electron chi connectivity index (χ2n) is 35.4. The fourth-order valence-corrected chi connectivity index (χ4v) is 14.6. The molecule has 0 spiro atoms. The second kappa shape index (κ2) is 63.0. The second-order valence-corrected chi connectivity index (χ2v) is 35.4. The first-order chi connectivity index (χ1) is 51.9. The van der Waals surface area contributed by atoms with Gasteiger partial charge in [-0.25, -0.2) is 0 Å². The van der Waals surface area contributed by atoms with Crippen LogP contribution < -0.4 is 5.32 Å². The lowest BCUT2D eigenvalue weighted by Crippen LogP contribution is -2.51. The van der Waals surface area contributed by atoms with E-state index >= 15 is 0 Å². The summed E-state index contributed by atoms with van der Waals surface area (Å²) in [7, 11) is 0. The van der Waals surface area contributed by atoms with Crippen LogP contribution in [0.3, 0.4) is 0 Å². The molecule has 0 bridgehead atoms. The zero-order chi connectivity index (χ0) is 83.0. The highest BCUT2D eigenvalue weighted by molar-refractivity contribution is 5.85. The number of carbonyl (C=O) groups is 10. The molecule has 10 atom stereocenters. The fourth-order valence-electron chi connectivity index (χ4n) is 14.6. The highest BCUT2D eigenvalue weighted by Crippen LogP contribution is 2.29. The van der Waals surface area contributed by atoms with E-state index in [1.165, 1.54) is 120 Å². The van der Waals surface area contributed by atoms with Gasteiger partial charge < -0.3 is 49.8 Å². The summed E-state index contributed by atoms with van der Waals surface area (Å²) >= 11 is 0. The number of carboxylic acid groups (broad SMARTS) is 5. The minimum Gasteiger partial charge on any atom is -0.480 e. The van der Waals surface area contributed by atoms with Crippen LogP contribution in [0.2, 0.25) is 0 Å². The van der Waals surface area contributed by atoms with Crippen LogP contribution in [-0.4, -0.2) is 191 Å². The van der Waals surface area contributed by atoms with Gasteiger partial charge >= 0.3 is 53.7 Å². The van der Waals surface area contributed by atoms with Crippen molar-refractivity contribution in [2.45, 2.75) is 335 Å². The molecular formula is C87H160N4O19. The maximum atomic E-state index is 15.0. The van der Waals surface area contributed by atoms with E-state index in [0.29, 0.717) is 43.4 Å². The standard InChI is InChI=1S/C87H160N4O19/c1-64(2)29-20-32-67(7)35-23-38-70(10)41-26-44-73(13)53-81(100)108-61-87(62-109-82(101)54-74(14)45-27-42-71(11)39-24-36-68(8)33-21-30-65(3)4,63-110-83(102)55-75(15)46-28-43-72(12)40-25-37-69(9)34-22-31-66(5)6)86(106)88-47-18-16-17-19-52-107-84(103)56-76(85(104)105)91(50-48-89(57-77(92)93)58-78(94)95)51-49-90(59-79(96)97)60-80(98)99/h64-76H,16-63H2,1-15H3,(H,88,106)(H,92,93)(H,94,95)(H,96,97)(H,98,99)(H,104,105). The quantitative estimate of drug-likeness (QED) is 0.0187. The summed E-state index contributed by atoms with van der Waals surface area (Å²) in [5, 5.41) is 51.0. The first kappa shape index (κ1) is 105. The summed E-state index contributed by atoms with van der Waals surface area (Å²) in [6, 6.07) is -1.62. The first-order valence-corrected chi connectivity index (χ1v) is 43.1. The number of unbranched alkanes of at least 4 members (excludes halogenated alkanes) is 3. The predicted octanol–water partition coefficient (Wildman–Crippen LogP) is 17.3. The number of esters is 4. The van der Waals surface area contributed by atoms with Crippen molar-refractivity contribution in [2.24, 2.45) is 76.4 Å². The van der Waals surface area contributed by atoms with E-state index in [0.717, 1.165) is 103 Å². The smallest absolute Gasteiger partial charge is 0.321 e. The number of hydrogen-bond acceptors (Lipinski definition) is 17. The number of carboxylic acids is 5. The Morgan fingerprint density at radius 2 is 0.555 bits per heavy atom. The minimum absolute atomic E-state index is 0.0124. The molecule has 1 amide bonds. The van der Waals surface area contributed by atoms with Gasteiger partial charge in [0.1, 0.15) is 25.9 Å². The molecule has 23 nitrogen and oxygen atoms in total. The summed E-state index contributed by atoms with van der Waals surface area (Å²) in [6.07, 6.45) is 32.1. The minimum atomic E-state index is -1.81. The highest BCUT2D eigenvalue weighted by Gasteiger charge is 2.44. The van der Waals surface area contributed by atoms with Crippen molar-refractivity contribution < 1.29 is 92.4 Å². The van der Waals surface area contributed by atoms with E-state index < -0.39 is 124 Å². The molecule has 0 saturated heterocycles. The molecule has 0 rings (SSSR count). The van der Waals surface area contributed by atoms with Crippen molar-refractivity contribution in [3.63, 3.8) is 0 Å². The van der Waals surface area contributed by atoms with Gasteiger partial charge in [-0.3, -0.25) is 62.6 Å². The number of amides is 1. The van der Waals surface area contributed by atoms with Crippen LogP contribution in [0.4, 0.5) is 0 Å². The zero-order valence-corrected chi connectivity index (χ0v) is 71.7. The largest absolute Gasteiger partial charge is 0.480 e. The molecule has 0 heterocycles. The Morgan fingerprint density at radius 3 is 0.818 bits per heavy atom. The monoisotopic (exact) mass is 1570 g/mol. The van der Waals surface area contributed by atoms with E-state index in [9.17, 15) is 73.5 Å². The summed E-state index contributed by atoms with van der Waals surface area (Å²) in [5.41, 5.74) is -1.81. The highest BCUT2D eigenvalue weighted by atomic mass is 16.6. The van der Waals surface area contributed by atoms with Crippen LogP contribution in [0.25, 0.3) is 0 Å². The molecule has 0 aromatic heterocycles. The lowest BCUT2D eigenvalue weighted by Gasteiger charge is -2.32. The van der Waals surface area contributed by atoms with Crippen molar-refractivity contribution in [3.05, 3.63) is 0 Å². The molecule has 642 valence electrons. The third-order valence-corrected chi connectivity index (χ3v) is 21.9. The summed E-state index contributed by atoms with van der Waals surface area (Å²) in [4.78, 5) is 132. The molecule has 0 aromatic carbocycles. The van der Waals surface area contributed by atoms with Crippen LogP contribution in [0.15, 0.2) is 0 Å². The first-order valence-electron chi connectivity index (χ1n) is 43.1. The number of aliphatic carboxylic acids is 5. The summed E-state index contributed by atoms with van der Waals surface area (Å²) in [6.45, 7) is 28.1. The molecule has 0 aliphatic rings. The van der Waals surface area contributed by atoms with E-state index in [4.69, 9.17) is 18.9 Å². The Morgan fingerprint density at radius 1 is 0.300 bits per heavy atom. The SMILES string of the molecule is CC(C)CCCC(C)CCCC(C)CCCC(C)CC(=O)OCC(COC(=O)CC(C)CCCC(C)CCCC(C)CCCC(C)C)(COC(=O)CC(C)CCCC(C)CCCC(C)CCCC(C)C)C(=O)NCCCCCCOC(=O)CC(C(=O)O)N(CCN(CC(=O)O)CC(=O)O)CCN(CC(=O)O)CC(=O)O. The van der Waals surface area contributed by atoms with E-state index in [2.05, 4.69) is 88.4 Å². The van der Waals surface area contributed by atoms with E-state index in [-0.39, 0.29) is 76.3 Å². The maximum Gasteiger partial charge on any atom is 0.321 e. The fraction of sp³-hybridized carbons (Fsp3) is 0.885. The molecule has 23 heteroatoms. The van der Waals surface area contributed by atoms with Crippen molar-refractivity contribution in [2.75, 3.05) is 85.3 Å². The van der Waals surface area contributed by atoms with Gasteiger partial charge in [-0.15, -0.1) is 0 Å². The van der Waals surface area contributed by atoms with Gasteiger partial charge in [0.05, 0.1) is 39.2 Å². The summed E-state index contributed by atoms with van der Waals surface area (Å²) < 4.78 is 23.6. The van der Waals surface area contributed by atoms with Gasteiger partial charge in [0.2, 0.25) is 5.91 Å². The number of nitrogens with zero attached hydrogens (tertiary/aromatic N) is 3. The lowest BCUT2D eigenvalue weighted by atomic mass is 9.89. The van der Waals surface area contributed by atoms with Crippen LogP contribution >= 0.6 is 0 Å². The van der Waals surface area contributed by atoms with E-state index in [1.54, 1.807) is 0 Å². The number of ether oxygens (including phenoxy) is 4. The van der Waals surface area contributed by atoms with Crippen molar-refractivity contribution >= 4 is 59.6 Å². The molecule has 0 aromatic rings. The van der Waals surface area contributed by atoms with Crippen molar-refractivity contribution in [3.8, 4) is 0 Å². The van der Waals surface area contributed by atoms with Crippen LogP contribution in [0, 0.1) is 76.4 Å². The average molecular weight is 1570 g/mol. The van der Waals surface area contributed by atoms with Crippen LogP contribution in [0.5, 0.6) is 0 Å². The molecule has 10 unspecified atom stereocenters. The van der Waals surface area contributed by atoms with Gasteiger partial charge in [-0.05, 0) is 90.3 Å². The van der Waals surface area contributed by atoms with Gasteiger partial charge in [0.15, 0.2) is 5.41 Å². The molecule has 0 fully saturated rings. The zero-order valence-electron chi connectivity index (χ0n) is 71.7. The Kier molecular flexibility index (Phi) is 59.9. The third kappa shape index (κ3) is 59.3. The van der Waals surface area contributed by atoms with Crippen LogP contribution in [-0.2, 0) is 66.9 Å². The molecule has 0 radical (unpaired) electrons. The van der Waals surface area contributed by atoms with E-state index in [1.807, 2.05) is 20.8 Å². The lowest BCUT2D eigenvalue weighted by molar-refractivity contribution is -0.168. The average Bonchev–Trinajstić information content (AvgIpc) is 0.826. The Bertz CT molecular complexity index is 2290. The Labute approximate surface area is 665 Å². The number of hydrogen-bond donors (Lipinski definition) is 6. The molecule has 110 heavy (non-hydrogen) atoms.